The van der Waals surface area contributed by atoms with Gasteiger partial charge in [0, 0.05) is 37.5 Å². The van der Waals surface area contributed by atoms with Gasteiger partial charge in [0.2, 0.25) is 0 Å². The van der Waals surface area contributed by atoms with E-state index in [0.29, 0.717) is 50.1 Å². The Bertz CT molecular complexity index is 1050. The van der Waals surface area contributed by atoms with Gasteiger partial charge in [-0.25, -0.2) is 0 Å². The maximum Gasteiger partial charge on any atom is 0.311 e. The number of aliphatic hydroxyl groups is 1. The molecule has 2 aliphatic heterocycles. The van der Waals surface area contributed by atoms with Crippen molar-refractivity contribution < 1.29 is 24.2 Å². The molecule has 2 bridgehead atoms. The lowest BCUT2D eigenvalue weighted by atomic mass is 9.49. The Kier molecular flexibility index (Phi) is 8.30. The third-order valence-electron chi connectivity index (χ3n) is 9.68. The number of hydrogen-bond acceptors (Lipinski definition) is 6. The van der Waals surface area contributed by atoms with Gasteiger partial charge in [-0.05, 0) is 37.3 Å². The zero-order valence-corrected chi connectivity index (χ0v) is 23.1. The number of Topliss-reactive ketones (excluding diaryl/α,β-unsaturated/α-hetero) is 1. The molecule has 0 radical (unpaired) electrons. The number of ketones is 1. The number of carbonyl (C=O) groups is 2. The summed E-state index contributed by atoms with van der Waals surface area (Å²) in [7, 11) is 0. The van der Waals surface area contributed by atoms with Crippen LogP contribution in [0.25, 0.3) is 0 Å². The maximum atomic E-state index is 13.1. The molecule has 4 aliphatic rings. The number of hydrogen-bond donors (Lipinski definition) is 1. The molecule has 1 aromatic rings. The molecule has 1 saturated carbocycles. The first-order chi connectivity index (χ1) is 18.5. The van der Waals surface area contributed by atoms with Gasteiger partial charge in [-0.2, -0.15) is 0 Å². The van der Waals surface area contributed by atoms with Crippen molar-refractivity contribution >= 4 is 11.8 Å². The maximum absolute atomic E-state index is 13.1. The molecule has 2 fully saturated rings. The second kappa shape index (κ2) is 11.5. The van der Waals surface area contributed by atoms with Crippen molar-refractivity contribution in [3.63, 3.8) is 0 Å². The predicted molar refractivity (Wildman–Crippen MR) is 148 cm³/mol. The Hall–Kier alpha value is -2.18. The van der Waals surface area contributed by atoms with Crippen LogP contribution in [0.1, 0.15) is 108 Å². The van der Waals surface area contributed by atoms with E-state index >= 15 is 0 Å². The van der Waals surface area contributed by atoms with Crippen LogP contribution in [0.4, 0.5) is 0 Å². The van der Waals surface area contributed by atoms with E-state index in [4.69, 9.17) is 9.47 Å². The number of piperidine rings is 1. The SMILES string of the molecule is C=CCN1CCC23c4c5ccc(OC(=O)CCCCCCCCCCCC)c4OC2C(=O)CC[C@@]3(O)C1C5. The molecule has 5 rings (SSSR count). The van der Waals surface area contributed by atoms with Crippen molar-refractivity contribution in [2.45, 2.75) is 126 Å². The monoisotopic (exact) mass is 523 g/mol. The fraction of sp³-hybridized carbons (Fsp3) is 0.688. The van der Waals surface area contributed by atoms with E-state index < -0.39 is 17.1 Å². The van der Waals surface area contributed by atoms with Crippen molar-refractivity contribution in [2.24, 2.45) is 0 Å². The van der Waals surface area contributed by atoms with Crippen LogP contribution in [0.3, 0.4) is 0 Å². The molecule has 0 aromatic heterocycles. The van der Waals surface area contributed by atoms with Crippen molar-refractivity contribution in [3.05, 3.63) is 35.9 Å². The lowest BCUT2D eigenvalue weighted by Crippen LogP contribution is -2.76. The molecule has 2 heterocycles. The molecule has 208 valence electrons. The van der Waals surface area contributed by atoms with E-state index in [2.05, 4.69) is 18.4 Å². The van der Waals surface area contributed by atoms with Crippen molar-refractivity contribution in [3.8, 4) is 11.5 Å². The van der Waals surface area contributed by atoms with Crippen LogP contribution in [0, 0.1) is 0 Å². The molecule has 6 nitrogen and oxygen atoms in total. The molecule has 3 unspecified atom stereocenters. The molecule has 2 aliphatic carbocycles. The van der Waals surface area contributed by atoms with Crippen LogP contribution in [-0.4, -0.2) is 52.6 Å². The molecule has 0 amide bonds. The van der Waals surface area contributed by atoms with Crippen molar-refractivity contribution in [2.75, 3.05) is 13.1 Å². The summed E-state index contributed by atoms with van der Waals surface area (Å²) in [5, 5.41) is 12.2. The number of benzene rings is 1. The Labute approximate surface area is 227 Å². The highest BCUT2D eigenvalue weighted by Crippen LogP contribution is 2.64. The summed E-state index contributed by atoms with van der Waals surface area (Å²) >= 11 is 0. The van der Waals surface area contributed by atoms with Gasteiger partial charge in [-0.3, -0.25) is 14.5 Å². The molecule has 4 atom stereocenters. The standard InChI is InChI=1S/C32H45NO5/c1-3-5-6-7-8-9-10-11-12-13-14-27(35)37-25-16-15-23-22-26-32(36)18-17-24(34)30-31(32,28(23)29(25)38-30)19-21-33(26)20-4-2/h4,15-16,26,30,36H,2-3,5-14,17-22H2,1H3/t26?,30?,31?,32-/m1/s1. The highest BCUT2D eigenvalue weighted by molar-refractivity contribution is 5.90. The summed E-state index contributed by atoms with van der Waals surface area (Å²) in [6.45, 7) is 7.63. The molecule has 1 saturated heterocycles. The summed E-state index contributed by atoms with van der Waals surface area (Å²) in [6, 6.07) is 3.75. The van der Waals surface area contributed by atoms with Crippen LogP contribution in [0.5, 0.6) is 11.5 Å². The van der Waals surface area contributed by atoms with E-state index in [-0.39, 0.29) is 17.8 Å². The van der Waals surface area contributed by atoms with E-state index in [1.165, 1.54) is 44.9 Å². The van der Waals surface area contributed by atoms with Gasteiger partial charge in [0.15, 0.2) is 23.4 Å². The van der Waals surface area contributed by atoms with Crippen LogP contribution < -0.4 is 9.47 Å². The molecule has 1 aromatic carbocycles. The normalized spacial score (nSPS) is 29.1. The highest BCUT2D eigenvalue weighted by Gasteiger charge is 2.73. The van der Waals surface area contributed by atoms with Gasteiger partial charge < -0.3 is 14.6 Å². The minimum Gasteiger partial charge on any atom is -0.477 e. The van der Waals surface area contributed by atoms with Gasteiger partial charge in [0.05, 0.1) is 11.0 Å². The third-order valence-corrected chi connectivity index (χ3v) is 9.68. The second-order valence-corrected chi connectivity index (χ2v) is 11.9. The Morgan fingerprint density at radius 2 is 1.84 bits per heavy atom. The van der Waals surface area contributed by atoms with Gasteiger partial charge in [0.1, 0.15) is 0 Å². The fourth-order valence-electron chi connectivity index (χ4n) is 7.80. The molecule has 6 heteroatoms. The summed E-state index contributed by atoms with van der Waals surface area (Å²) in [5.41, 5.74) is 0.183. The zero-order chi connectivity index (χ0) is 26.8. The largest absolute Gasteiger partial charge is 0.477 e. The minimum atomic E-state index is -1.05. The van der Waals surface area contributed by atoms with Crippen molar-refractivity contribution in [1.29, 1.82) is 0 Å². The van der Waals surface area contributed by atoms with E-state index in [0.717, 1.165) is 36.9 Å². The number of carbonyl (C=O) groups excluding carboxylic acids is 2. The van der Waals surface area contributed by atoms with E-state index in [9.17, 15) is 14.7 Å². The Morgan fingerprint density at radius 1 is 1.13 bits per heavy atom. The third kappa shape index (κ3) is 4.62. The average molecular weight is 524 g/mol. The molecule has 1 N–H and O–H groups in total. The average Bonchev–Trinajstić information content (AvgIpc) is 3.26. The van der Waals surface area contributed by atoms with Crippen LogP contribution in [0.2, 0.25) is 0 Å². The molecular weight excluding hydrogens is 478 g/mol. The summed E-state index contributed by atoms with van der Waals surface area (Å²) in [6.07, 6.45) is 15.8. The van der Waals surface area contributed by atoms with E-state index in [1.807, 2.05) is 18.2 Å². The highest BCUT2D eigenvalue weighted by atomic mass is 16.6. The predicted octanol–water partition coefficient (Wildman–Crippen LogP) is 5.81. The van der Waals surface area contributed by atoms with Crippen molar-refractivity contribution in [1.82, 2.24) is 4.90 Å². The summed E-state index contributed by atoms with van der Waals surface area (Å²) in [4.78, 5) is 28.2. The lowest BCUT2D eigenvalue weighted by molar-refractivity contribution is -0.187. The molecule has 1 spiro atoms. The van der Waals surface area contributed by atoms with Gasteiger partial charge >= 0.3 is 5.97 Å². The summed E-state index contributed by atoms with van der Waals surface area (Å²) < 4.78 is 12.2. The first kappa shape index (κ1) is 27.4. The number of unbranched alkanes of at least 4 members (excludes halogenated alkanes) is 9. The minimum absolute atomic E-state index is 0.0392. The number of rotatable bonds is 14. The summed E-state index contributed by atoms with van der Waals surface area (Å²) in [5.74, 6) is 0.685. The lowest BCUT2D eigenvalue weighted by Gasteiger charge is -2.62. The fourth-order valence-corrected chi connectivity index (χ4v) is 7.80. The zero-order valence-electron chi connectivity index (χ0n) is 23.1. The van der Waals surface area contributed by atoms with Gasteiger partial charge in [-0.1, -0.05) is 76.9 Å². The second-order valence-electron chi connectivity index (χ2n) is 11.9. The van der Waals surface area contributed by atoms with Crippen LogP contribution >= 0.6 is 0 Å². The van der Waals surface area contributed by atoms with Crippen LogP contribution in [-0.2, 0) is 21.4 Å². The van der Waals surface area contributed by atoms with Gasteiger partial charge in [0.25, 0.3) is 0 Å². The number of nitrogens with zero attached hydrogens (tertiary/aromatic N) is 1. The van der Waals surface area contributed by atoms with Gasteiger partial charge in [-0.15, -0.1) is 6.58 Å². The number of ether oxygens (including phenoxy) is 2. The number of esters is 1. The van der Waals surface area contributed by atoms with Crippen LogP contribution in [0.15, 0.2) is 24.8 Å². The first-order valence-corrected chi connectivity index (χ1v) is 15.1. The molecular formula is C32H45NO5. The first-order valence-electron chi connectivity index (χ1n) is 15.1. The van der Waals surface area contributed by atoms with E-state index in [1.54, 1.807) is 0 Å². The smallest absolute Gasteiger partial charge is 0.311 e. The quantitative estimate of drug-likeness (QED) is 0.143. The Balaban J connectivity index is 1.24. The number of likely N-dealkylation sites (tertiary alicyclic amines) is 1. The molecule has 38 heavy (non-hydrogen) atoms. The topological polar surface area (TPSA) is 76.1 Å². The Morgan fingerprint density at radius 3 is 2.55 bits per heavy atom.